The van der Waals surface area contributed by atoms with E-state index in [0.29, 0.717) is 0 Å². The molecule has 0 bridgehead atoms. The topological polar surface area (TPSA) is 24.5 Å². The van der Waals surface area contributed by atoms with E-state index in [1.807, 2.05) is 7.05 Å². The Morgan fingerprint density at radius 2 is 2.22 bits per heavy atom. The highest BCUT2D eigenvalue weighted by atomic mass is 79.9. The predicted octanol–water partition coefficient (Wildman–Crippen LogP) is 2.78. The first kappa shape index (κ1) is 13.8. The molecule has 100 valence electrons. The van der Waals surface area contributed by atoms with Crippen LogP contribution in [0.4, 0.5) is 5.69 Å². The fourth-order valence-electron chi connectivity index (χ4n) is 2.43. The van der Waals surface area contributed by atoms with Gasteiger partial charge in [-0.1, -0.05) is 22.0 Å². The quantitative estimate of drug-likeness (QED) is 0.929. The number of rotatable bonds is 3. The number of hydrogen-bond acceptors (Lipinski definition) is 3. The number of hydrogen-bond donors (Lipinski definition) is 1. The number of anilines is 1. The molecule has 1 saturated heterocycles. The van der Waals surface area contributed by atoms with Crippen molar-refractivity contribution in [3.05, 3.63) is 28.2 Å². The van der Waals surface area contributed by atoms with Gasteiger partial charge in [-0.15, -0.1) is 0 Å². The van der Waals surface area contributed by atoms with E-state index in [2.05, 4.69) is 58.2 Å². The summed E-state index contributed by atoms with van der Waals surface area (Å²) in [7, 11) is 1.98. The first-order valence-electron chi connectivity index (χ1n) is 6.33. The molecule has 3 nitrogen and oxygen atoms in total. The number of ether oxygens (including phenoxy) is 1. The molecule has 1 N–H and O–H groups in total. The smallest absolute Gasteiger partial charge is 0.0694 e. The van der Waals surface area contributed by atoms with Crippen molar-refractivity contribution in [1.29, 1.82) is 0 Å². The number of benzene rings is 1. The molecule has 0 atom stereocenters. The molecule has 0 spiro atoms. The minimum Gasteiger partial charge on any atom is -0.377 e. The maximum absolute atomic E-state index is 5.60. The second-order valence-electron chi connectivity index (χ2n) is 5.32. The number of nitrogens with zero attached hydrogens (tertiary/aromatic N) is 1. The van der Waals surface area contributed by atoms with Gasteiger partial charge in [0, 0.05) is 23.2 Å². The van der Waals surface area contributed by atoms with Crippen LogP contribution in [-0.2, 0) is 11.3 Å². The summed E-state index contributed by atoms with van der Waals surface area (Å²) in [5.41, 5.74) is 2.67. The Morgan fingerprint density at radius 1 is 1.44 bits per heavy atom. The van der Waals surface area contributed by atoms with E-state index >= 15 is 0 Å². The van der Waals surface area contributed by atoms with E-state index in [1.165, 1.54) is 11.3 Å². The lowest BCUT2D eigenvalue weighted by atomic mass is 9.99. The Balaban J connectivity index is 2.38. The molecule has 0 aliphatic carbocycles. The van der Waals surface area contributed by atoms with Gasteiger partial charge in [-0.3, -0.25) is 0 Å². The van der Waals surface area contributed by atoms with Crippen LogP contribution in [-0.4, -0.2) is 32.3 Å². The Morgan fingerprint density at radius 3 is 2.89 bits per heavy atom. The molecule has 0 radical (unpaired) electrons. The van der Waals surface area contributed by atoms with Crippen LogP contribution >= 0.6 is 15.9 Å². The second-order valence-corrected chi connectivity index (χ2v) is 6.24. The number of nitrogens with one attached hydrogen (secondary N) is 1. The SMILES string of the molecule is CNCc1ccc(Br)cc1N1CCOCC1(C)C. The molecule has 4 heteroatoms. The maximum atomic E-state index is 5.60. The van der Waals surface area contributed by atoms with Crippen molar-refractivity contribution < 1.29 is 4.74 Å². The molecule has 0 aromatic heterocycles. The van der Waals surface area contributed by atoms with E-state index in [-0.39, 0.29) is 5.54 Å². The van der Waals surface area contributed by atoms with E-state index in [1.54, 1.807) is 0 Å². The van der Waals surface area contributed by atoms with E-state index < -0.39 is 0 Å². The predicted molar refractivity (Wildman–Crippen MR) is 79.1 cm³/mol. The van der Waals surface area contributed by atoms with Gasteiger partial charge in [-0.25, -0.2) is 0 Å². The summed E-state index contributed by atoms with van der Waals surface area (Å²) in [5, 5.41) is 3.24. The van der Waals surface area contributed by atoms with Crippen LogP contribution in [0.15, 0.2) is 22.7 Å². The van der Waals surface area contributed by atoms with Gasteiger partial charge in [-0.2, -0.15) is 0 Å². The van der Waals surface area contributed by atoms with E-state index in [0.717, 1.165) is 30.8 Å². The Kier molecular flexibility index (Phi) is 4.30. The summed E-state index contributed by atoms with van der Waals surface area (Å²) in [4.78, 5) is 2.45. The highest BCUT2D eigenvalue weighted by Gasteiger charge is 2.31. The third-order valence-electron chi connectivity index (χ3n) is 3.35. The molecule has 1 aliphatic rings. The van der Waals surface area contributed by atoms with Crippen LogP contribution in [0.2, 0.25) is 0 Å². The van der Waals surface area contributed by atoms with Crippen molar-refractivity contribution in [2.75, 3.05) is 31.7 Å². The van der Waals surface area contributed by atoms with Crippen molar-refractivity contribution in [1.82, 2.24) is 5.32 Å². The van der Waals surface area contributed by atoms with E-state index in [9.17, 15) is 0 Å². The fraction of sp³-hybridized carbons (Fsp3) is 0.571. The number of morpholine rings is 1. The van der Waals surface area contributed by atoms with Crippen molar-refractivity contribution in [3.8, 4) is 0 Å². The Bertz CT molecular complexity index is 420. The molecule has 0 saturated carbocycles. The molecule has 1 aromatic carbocycles. The minimum atomic E-state index is 0.0432. The average Bonchev–Trinajstić information content (AvgIpc) is 2.31. The van der Waals surface area contributed by atoms with Crippen LogP contribution in [0, 0.1) is 0 Å². The highest BCUT2D eigenvalue weighted by molar-refractivity contribution is 9.10. The molecule has 1 aromatic rings. The monoisotopic (exact) mass is 312 g/mol. The minimum absolute atomic E-state index is 0.0432. The van der Waals surface area contributed by atoms with Crippen molar-refractivity contribution in [2.45, 2.75) is 25.9 Å². The molecular formula is C14H21BrN2O. The largest absolute Gasteiger partial charge is 0.377 e. The van der Waals surface area contributed by atoms with Gasteiger partial charge < -0.3 is 15.0 Å². The molecule has 0 unspecified atom stereocenters. The van der Waals surface area contributed by atoms with Gasteiger partial charge in [-0.05, 0) is 38.6 Å². The lowest BCUT2D eigenvalue weighted by molar-refractivity contribution is 0.0643. The standard InChI is InChI=1S/C14H21BrN2O/c1-14(2)10-18-7-6-17(14)13-8-12(15)5-4-11(13)9-16-3/h4-5,8,16H,6-7,9-10H2,1-3H3. The lowest BCUT2D eigenvalue weighted by Gasteiger charge is -2.44. The summed E-state index contributed by atoms with van der Waals surface area (Å²) < 4.78 is 6.72. The fourth-order valence-corrected chi connectivity index (χ4v) is 2.78. The summed E-state index contributed by atoms with van der Waals surface area (Å²) in [6, 6.07) is 6.49. The molecule has 1 aliphatic heterocycles. The molecule has 1 fully saturated rings. The van der Waals surface area contributed by atoms with Crippen LogP contribution in [0.25, 0.3) is 0 Å². The third-order valence-corrected chi connectivity index (χ3v) is 3.84. The van der Waals surface area contributed by atoms with Gasteiger partial charge in [0.15, 0.2) is 0 Å². The van der Waals surface area contributed by atoms with Gasteiger partial charge in [0.1, 0.15) is 0 Å². The van der Waals surface area contributed by atoms with Crippen LogP contribution in [0.1, 0.15) is 19.4 Å². The normalized spacial score (nSPS) is 19.0. The van der Waals surface area contributed by atoms with Crippen molar-refractivity contribution in [3.63, 3.8) is 0 Å². The van der Waals surface area contributed by atoms with Crippen molar-refractivity contribution in [2.24, 2.45) is 0 Å². The molecule has 1 heterocycles. The molecule has 2 rings (SSSR count). The molecule has 18 heavy (non-hydrogen) atoms. The Labute approximate surface area is 118 Å². The van der Waals surface area contributed by atoms with Crippen molar-refractivity contribution >= 4 is 21.6 Å². The van der Waals surface area contributed by atoms with Gasteiger partial charge in [0.25, 0.3) is 0 Å². The Hall–Kier alpha value is -0.580. The second kappa shape index (κ2) is 5.59. The maximum Gasteiger partial charge on any atom is 0.0694 e. The highest BCUT2D eigenvalue weighted by Crippen LogP contribution is 2.32. The zero-order chi connectivity index (χ0) is 13.2. The molecule has 0 amide bonds. The summed E-state index contributed by atoms with van der Waals surface area (Å²) >= 11 is 3.57. The average molecular weight is 313 g/mol. The zero-order valence-corrected chi connectivity index (χ0v) is 12.9. The third kappa shape index (κ3) is 2.87. The summed E-state index contributed by atoms with van der Waals surface area (Å²) in [6.45, 7) is 7.87. The first-order chi connectivity index (χ1) is 8.54. The van der Waals surface area contributed by atoms with Crippen LogP contribution in [0.3, 0.4) is 0 Å². The van der Waals surface area contributed by atoms with Gasteiger partial charge in [0.05, 0.1) is 18.8 Å². The van der Waals surface area contributed by atoms with Crippen LogP contribution < -0.4 is 10.2 Å². The summed E-state index contributed by atoms with van der Waals surface area (Å²) in [6.07, 6.45) is 0. The van der Waals surface area contributed by atoms with Gasteiger partial charge in [0.2, 0.25) is 0 Å². The first-order valence-corrected chi connectivity index (χ1v) is 7.12. The zero-order valence-electron chi connectivity index (χ0n) is 11.3. The van der Waals surface area contributed by atoms with Gasteiger partial charge >= 0.3 is 0 Å². The van der Waals surface area contributed by atoms with Crippen LogP contribution in [0.5, 0.6) is 0 Å². The molecular weight excluding hydrogens is 292 g/mol. The summed E-state index contributed by atoms with van der Waals surface area (Å²) in [5.74, 6) is 0. The van der Waals surface area contributed by atoms with E-state index in [4.69, 9.17) is 4.74 Å². The number of halogens is 1. The lowest BCUT2D eigenvalue weighted by Crippen LogP contribution is -2.53.